The molecule has 1 fully saturated rings. The van der Waals surface area contributed by atoms with Crippen LogP contribution in [0.5, 0.6) is 0 Å². The van der Waals surface area contributed by atoms with Crippen LogP contribution >= 0.6 is 0 Å². The van der Waals surface area contributed by atoms with Gasteiger partial charge in [0.1, 0.15) is 17.5 Å². The van der Waals surface area contributed by atoms with E-state index >= 15 is 0 Å². The first-order chi connectivity index (χ1) is 15.8. The van der Waals surface area contributed by atoms with Crippen LogP contribution in [0.3, 0.4) is 0 Å². The van der Waals surface area contributed by atoms with Gasteiger partial charge in [-0.05, 0) is 31.2 Å². The van der Waals surface area contributed by atoms with E-state index in [-0.39, 0.29) is 12.3 Å². The molecule has 6 rings (SSSR count). The quantitative estimate of drug-likeness (QED) is 0.444. The molecule has 4 aromatic heterocycles. The number of oxazole rings is 1. The van der Waals surface area contributed by atoms with Crippen LogP contribution in [0.2, 0.25) is 0 Å². The van der Waals surface area contributed by atoms with Crippen molar-refractivity contribution in [2.24, 2.45) is 5.92 Å². The van der Waals surface area contributed by atoms with Crippen molar-refractivity contribution in [3.05, 3.63) is 61.1 Å². The summed E-state index contributed by atoms with van der Waals surface area (Å²) in [5.74, 6) is 0.610. The Morgan fingerprint density at radius 1 is 1.25 bits per heavy atom. The summed E-state index contributed by atoms with van der Waals surface area (Å²) in [7, 11) is 0. The Bertz CT molecular complexity index is 1420. The Kier molecular flexibility index (Phi) is 4.26. The van der Waals surface area contributed by atoms with E-state index < -0.39 is 5.54 Å². The third kappa shape index (κ3) is 2.73. The summed E-state index contributed by atoms with van der Waals surface area (Å²) in [5.41, 5.74) is 3.04. The predicted octanol–water partition coefficient (Wildman–Crippen LogP) is 3.23. The molecule has 1 aliphatic rings. The Balaban J connectivity index is 1.55. The smallest absolute Gasteiger partial charge is 0.224 e. The first-order valence-corrected chi connectivity index (χ1v) is 10.6. The lowest BCUT2D eigenvalue weighted by Crippen LogP contribution is -2.44. The molecule has 5 aromatic rings. The first-order valence-electron chi connectivity index (χ1n) is 10.6. The molecule has 0 aliphatic carbocycles. The second-order valence-corrected chi connectivity index (χ2v) is 8.07. The van der Waals surface area contributed by atoms with Gasteiger partial charge in [-0.1, -0.05) is 12.1 Å². The fourth-order valence-corrected chi connectivity index (χ4v) is 4.77. The number of hydrogen-bond acceptors (Lipinski definition) is 7. The van der Waals surface area contributed by atoms with Gasteiger partial charge < -0.3 is 14.7 Å². The minimum Gasteiger partial charge on any atom is -0.438 e. The number of para-hydroxylation sites is 2. The molecule has 158 valence electrons. The third-order valence-corrected chi connectivity index (χ3v) is 6.37. The normalized spacial score (nSPS) is 18.2. The van der Waals surface area contributed by atoms with Crippen LogP contribution in [0.4, 0.5) is 0 Å². The highest BCUT2D eigenvalue weighted by molar-refractivity contribution is 5.90. The van der Waals surface area contributed by atoms with Gasteiger partial charge in [0.05, 0.1) is 24.4 Å². The number of fused-ring (bicyclic) bond motifs is 2. The van der Waals surface area contributed by atoms with Gasteiger partial charge in [0.25, 0.3) is 0 Å². The molecular formula is C23H20N8O. The maximum Gasteiger partial charge on any atom is 0.224 e. The number of nitrogens with one attached hydrogen (secondary N) is 2. The van der Waals surface area contributed by atoms with Crippen molar-refractivity contribution in [1.29, 1.82) is 5.26 Å². The zero-order valence-corrected chi connectivity index (χ0v) is 17.2. The summed E-state index contributed by atoms with van der Waals surface area (Å²) in [6, 6.07) is 12.0. The van der Waals surface area contributed by atoms with Crippen LogP contribution in [0.15, 0.2) is 59.7 Å². The Hall–Kier alpha value is -4.03. The zero-order chi connectivity index (χ0) is 21.5. The number of nitriles is 1. The highest BCUT2D eigenvalue weighted by Crippen LogP contribution is 2.41. The molecule has 2 atom stereocenters. The molecule has 0 amide bonds. The number of hydrogen-bond donors (Lipinski definition) is 2. The van der Waals surface area contributed by atoms with E-state index in [0.717, 1.165) is 47.3 Å². The van der Waals surface area contributed by atoms with Crippen molar-refractivity contribution in [2.75, 3.05) is 13.1 Å². The van der Waals surface area contributed by atoms with Gasteiger partial charge in [-0.15, -0.1) is 0 Å². The van der Waals surface area contributed by atoms with Crippen LogP contribution in [-0.4, -0.2) is 42.8 Å². The second kappa shape index (κ2) is 7.28. The van der Waals surface area contributed by atoms with Crippen LogP contribution in [0, 0.1) is 17.2 Å². The molecule has 5 heterocycles. The van der Waals surface area contributed by atoms with Crippen LogP contribution in [-0.2, 0) is 5.54 Å². The molecule has 32 heavy (non-hydrogen) atoms. The first kappa shape index (κ1) is 18.7. The number of nitrogens with zero attached hydrogens (tertiary/aromatic N) is 6. The maximum atomic E-state index is 9.89. The summed E-state index contributed by atoms with van der Waals surface area (Å²) in [6.45, 7) is 1.63. The van der Waals surface area contributed by atoms with Crippen molar-refractivity contribution < 1.29 is 4.42 Å². The molecule has 0 radical (unpaired) electrons. The summed E-state index contributed by atoms with van der Waals surface area (Å²) >= 11 is 0. The van der Waals surface area contributed by atoms with Crippen molar-refractivity contribution in [3.63, 3.8) is 0 Å². The lowest BCUT2D eigenvalue weighted by atomic mass is 9.80. The Morgan fingerprint density at radius 2 is 2.19 bits per heavy atom. The van der Waals surface area contributed by atoms with E-state index in [1.807, 2.05) is 47.4 Å². The highest BCUT2D eigenvalue weighted by Gasteiger charge is 2.48. The van der Waals surface area contributed by atoms with E-state index in [1.54, 1.807) is 6.20 Å². The van der Waals surface area contributed by atoms with Crippen molar-refractivity contribution in [3.8, 4) is 17.3 Å². The second-order valence-electron chi connectivity index (χ2n) is 8.07. The average Bonchev–Trinajstić information content (AvgIpc) is 3.63. The Labute approximate surface area is 183 Å². The van der Waals surface area contributed by atoms with Gasteiger partial charge >= 0.3 is 0 Å². The van der Waals surface area contributed by atoms with E-state index in [1.165, 1.54) is 6.33 Å². The SMILES string of the molecule is N#CCC(c1nc2ccccc2o1)(C1CCNC1)n1cc(-c2ncnc3[nH]ccc23)cn1. The number of benzene rings is 1. The molecule has 9 heteroatoms. The summed E-state index contributed by atoms with van der Waals surface area (Å²) in [4.78, 5) is 16.7. The van der Waals surface area contributed by atoms with E-state index in [2.05, 4.69) is 26.3 Å². The zero-order valence-electron chi connectivity index (χ0n) is 17.2. The molecule has 1 saturated heterocycles. The molecule has 1 aromatic carbocycles. The summed E-state index contributed by atoms with van der Waals surface area (Å²) in [6.07, 6.45) is 8.19. The maximum absolute atomic E-state index is 9.89. The lowest BCUT2D eigenvalue weighted by molar-refractivity contribution is 0.172. The van der Waals surface area contributed by atoms with Crippen LogP contribution in [0.25, 0.3) is 33.4 Å². The summed E-state index contributed by atoms with van der Waals surface area (Å²) < 4.78 is 8.10. The highest BCUT2D eigenvalue weighted by atomic mass is 16.4. The van der Waals surface area contributed by atoms with Gasteiger partial charge in [-0.2, -0.15) is 10.4 Å². The lowest BCUT2D eigenvalue weighted by Gasteiger charge is -2.34. The van der Waals surface area contributed by atoms with Crippen LogP contribution in [0.1, 0.15) is 18.7 Å². The number of aromatic nitrogens is 6. The number of rotatable bonds is 5. The average molecular weight is 424 g/mol. The van der Waals surface area contributed by atoms with Crippen molar-refractivity contribution >= 4 is 22.1 Å². The van der Waals surface area contributed by atoms with Crippen LogP contribution < -0.4 is 5.32 Å². The van der Waals surface area contributed by atoms with Gasteiger partial charge in [0, 0.05) is 35.8 Å². The minimum absolute atomic E-state index is 0.0978. The topological polar surface area (TPSA) is 121 Å². The molecule has 0 saturated carbocycles. The van der Waals surface area contributed by atoms with E-state index in [9.17, 15) is 5.26 Å². The van der Waals surface area contributed by atoms with E-state index in [4.69, 9.17) is 14.5 Å². The predicted molar refractivity (Wildman–Crippen MR) is 117 cm³/mol. The van der Waals surface area contributed by atoms with Gasteiger partial charge in [0.15, 0.2) is 11.1 Å². The molecule has 2 unspecified atom stereocenters. The third-order valence-electron chi connectivity index (χ3n) is 6.37. The fraction of sp³-hybridized carbons (Fsp3) is 0.261. The van der Waals surface area contributed by atoms with Crippen molar-refractivity contribution in [1.82, 2.24) is 35.0 Å². The monoisotopic (exact) mass is 424 g/mol. The molecule has 9 nitrogen and oxygen atoms in total. The van der Waals surface area contributed by atoms with E-state index in [0.29, 0.717) is 11.5 Å². The molecule has 0 spiro atoms. The molecular weight excluding hydrogens is 404 g/mol. The minimum atomic E-state index is -0.834. The van der Waals surface area contributed by atoms with Gasteiger partial charge in [0.2, 0.25) is 5.89 Å². The number of H-pyrrole nitrogens is 1. The fourth-order valence-electron chi connectivity index (χ4n) is 4.77. The number of aromatic amines is 1. The van der Waals surface area contributed by atoms with Crippen molar-refractivity contribution in [2.45, 2.75) is 18.4 Å². The largest absolute Gasteiger partial charge is 0.438 e. The van der Waals surface area contributed by atoms with Gasteiger partial charge in [-0.3, -0.25) is 4.68 Å². The Morgan fingerprint density at radius 3 is 3.03 bits per heavy atom. The standard InChI is InChI=1S/C23H20N8O/c24-8-7-23(16-5-9-25-12-16,22-30-18-3-1-2-4-19(18)32-22)31-13-15(11-29-31)20-17-6-10-26-21(17)28-14-27-20/h1-4,6,10-11,13-14,16,25H,5,7,9,12H2,(H,26,27,28). The molecule has 1 aliphatic heterocycles. The van der Waals surface area contributed by atoms with Gasteiger partial charge in [-0.25, -0.2) is 15.0 Å². The summed E-state index contributed by atoms with van der Waals surface area (Å²) in [5, 5.41) is 19.0. The molecule has 0 bridgehead atoms. The molecule has 2 N–H and O–H groups in total.